The van der Waals surface area contributed by atoms with Crippen molar-refractivity contribution in [3.05, 3.63) is 91.7 Å². The molecule has 2 N–H and O–H groups in total. The number of hydrogen-bond donors (Lipinski definition) is 2. The molecule has 0 saturated carbocycles. The van der Waals surface area contributed by atoms with Crippen molar-refractivity contribution in [1.82, 2.24) is 0 Å². The van der Waals surface area contributed by atoms with Crippen LogP contribution < -0.4 is 18.4 Å². The third-order valence-electron chi connectivity index (χ3n) is 8.11. The molecule has 0 aromatic heterocycles. The zero-order valence-electron chi connectivity index (χ0n) is 23.2. The van der Waals surface area contributed by atoms with E-state index in [1.54, 1.807) is 0 Å². The zero-order chi connectivity index (χ0) is 28.2. The average Bonchev–Trinajstić information content (AvgIpc) is 3.66. The van der Waals surface area contributed by atoms with E-state index >= 15 is 17.6 Å². The molecule has 0 saturated heterocycles. The van der Waals surface area contributed by atoms with Crippen LogP contribution in [0.2, 0.25) is 0 Å². The van der Waals surface area contributed by atoms with Crippen molar-refractivity contribution in [2.75, 3.05) is 23.7 Å². The van der Waals surface area contributed by atoms with Crippen LogP contribution >= 0.6 is 0 Å². The number of hydrogen-bond acceptors (Lipinski definition) is 2. The minimum atomic E-state index is -4.81. The molecule has 2 aliphatic rings. The van der Waals surface area contributed by atoms with E-state index in [0.717, 1.165) is 12.8 Å². The number of anilines is 2. The fourth-order valence-electron chi connectivity index (χ4n) is 5.35. The normalized spacial score (nSPS) is 16.3. The SMILES string of the molecule is CCC(C)CNc1ccc(F)[c]([Ti]([C]2=CC=CC2)([C]2=CC=CC2)[c]2c(F)ccc(NCC(C)CC)c2F)c1F. The summed E-state index contributed by atoms with van der Waals surface area (Å²) in [5.41, 5.74) is 0.318. The van der Waals surface area contributed by atoms with E-state index in [2.05, 4.69) is 10.6 Å². The molecule has 2 aliphatic carbocycles. The topological polar surface area (TPSA) is 24.1 Å². The van der Waals surface area contributed by atoms with Crippen LogP contribution in [0.5, 0.6) is 0 Å². The minimum absolute atomic E-state index is 0.159. The van der Waals surface area contributed by atoms with E-state index in [1.165, 1.54) is 24.3 Å². The Morgan fingerprint density at radius 1 is 0.692 bits per heavy atom. The Morgan fingerprint density at radius 3 is 1.44 bits per heavy atom. The van der Waals surface area contributed by atoms with Crippen molar-refractivity contribution in [2.24, 2.45) is 11.8 Å². The molecule has 0 fully saturated rings. The van der Waals surface area contributed by atoms with Gasteiger partial charge in [-0.3, -0.25) is 0 Å². The summed E-state index contributed by atoms with van der Waals surface area (Å²) in [6.45, 7) is 9.20. The molecule has 7 heteroatoms. The number of nitrogens with one attached hydrogen (secondary N) is 2. The molecule has 2 unspecified atom stereocenters. The van der Waals surface area contributed by atoms with E-state index in [1.807, 2.05) is 64.2 Å². The van der Waals surface area contributed by atoms with E-state index in [4.69, 9.17) is 0 Å². The van der Waals surface area contributed by atoms with Gasteiger partial charge in [0.25, 0.3) is 0 Å². The second-order valence-corrected chi connectivity index (χ2v) is 16.7. The van der Waals surface area contributed by atoms with Gasteiger partial charge in [-0.05, 0) is 0 Å². The van der Waals surface area contributed by atoms with Crippen molar-refractivity contribution >= 4 is 19.1 Å². The van der Waals surface area contributed by atoms with Crippen molar-refractivity contribution in [1.29, 1.82) is 0 Å². The van der Waals surface area contributed by atoms with E-state index in [0.29, 0.717) is 33.7 Å². The molecule has 0 amide bonds. The van der Waals surface area contributed by atoms with Gasteiger partial charge < -0.3 is 0 Å². The number of allylic oxidation sites excluding steroid dienone is 8. The Labute approximate surface area is 233 Å². The summed E-state index contributed by atoms with van der Waals surface area (Å²) in [4.78, 5) is 0. The monoisotopic (exact) mass is 574 g/mol. The third-order valence-corrected chi connectivity index (χ3v) is 16.1. The fourth-order valence-corrected chi connectivity index (χ4v) is 13.6. The predicted molar refractivity (Wildman–Crippen MR) is 152 cm³/mol. The van der Waals surface area contributed by atoms with Gasteiger partial charge >= 0.3 is 234 Å². The van der Waals surface area contributed by atoms with Gasteiger partial charge in [0, 0.05) is 0 Å². The molecule has 0 spiro atoms. The summed E-state index contributed by atoms with van der Waals surface area (Å²) in [6, 6.07) is 5.26. The summed E-state index contributed by atoms with van der Waals surface area (Å²) in [7, 11) is 0. The van der Waals surface area contributed by atoms with Gasteiger partial charge in [0.2, 0.25) is 0 Å². The van der Waals surface area contributed by atoms with Crippen LogP contribution in [0, 0.1) is 35.1 Å². The van der Waals surface area contributed by atoms with Crippen LogP contribution in [0.4, 0.5) is 28.9 Å². The second-order valence-electron chi connectivity index (χ2n) is 10.8. The maximum absolute atomic E-state index is 16.6. The number of halogens is 4. The van der Waals surface area contributed by atoms with Crippen molar-refractivity contribution in [3.63, 3.8) is 0 Å². The van der Waals surface area contributed by atoms with E-state index < -0.39 is 39.9 Å². The molecule has 2 atom stereocenters. The maximum atomic E-state index is 16.6. The Bertz CT molecular complexity index is 1230. The van der Waals surface area contributed by atoms with Crippen LogP contribution in [0.15, 0.2) is 68.5 Å². The molecule has 2 nitrogen and oxygen atoms in total. The Morgan fingerprint density at radius 2 is 1.10 bits per heavy atom. The number of rotatable bonds is 12. The van der Waals surface area contributed by atoms with Crippen molar-refractivity contribution < 1.29 is 34.2 Å². The first-order chi connectivity index (χ1) is 18.7. The quantitative estimate of drug-likeness (QED) is 0.199. The standard InChI is InChI=1S/2C11H14F2N.2C5H5.Ti/c2*1-3-8(2)7-14-11-5-4-9(12)6-10(11)13;2*1-2-4-5-3-1;/h2*4-5,8,14H,3,7H2,1-2H3;2*1-3H,4H2;. The van der Waals surface area contributed by atoms with Crippen LogP contribution in [0.1, 0.15) is 53.4 Å². The van der Waals surface area contributed by atoms with Gasteiger partial charge in [0.15, 0.2) is 0 Å². The molecule has 0 radical (unpaired) electrons. The summed E-state index contributed by atoms with van der Waals surface area (Å²) < 4.78 is 66.5. The van der Waals surface area contributed by atoms with Crippen LogP contribution in [0.3, 0.4) is 0 Å². The fraction of sp³-hybridized carbons (Fsp3) is 0.375. The van der Waals surface area contributed by atoms with Gasteiger partial charge in [-0.25, -0.2) is 0 Å². The molecule has 2 aromatic carbocycles. The molecule has 208 valence electrons. The molecule has 2 aromatic rings. The van der Waals surface area contributed by atoms with Crippen LogP contribution in [0.25, 0.3) is 0 Å². The summed E-state index contributed by atoms with van der Waals surface area (Å²) in [6.07, 6.45) is 13.6. The summed E-state index contributed by atoms with van der Waals surface area (Å²) in [5.74, 6) is -2.49. The Balaban J connectivity index is 2.02. The summed E-state index contributed by atoms with van der Waals surface area (Å²) in [5, 5.41) is 6.27. The van der Waals surface area contributed by atoms with Gasteiger partial charge in [-0.15, -0.1) is 0 Å². The molecule has 0 aliphatic heterocycles. The van der Waals surface area contributed by atoms with Gasteiger partial charge in [-0.1, -0.05) is 0 Å². The van der Waals surface area contributed by atoms with Crippen molar-refractivity contribution in [2.45, 2.75) is 53.4 Å². The first-order valence-electron chi connectivity index (χ1n) is 13.9. The Hall–Kier alpha value is -2.57. The molecular formula is C32H38F4N2Ti. The molecule has 0 heterocycles. The van der Waals surface area contributed by atoms with Crippen LogP contribution in [-0.4, -0.2) is 13.1 Å². The number of benzene rings is 2. The van der Waals surface area contributed by atoms with E-state index in [9.17, 15) is 0 Å². The molecule has 39 heavy (non-hydrogen) atoms. The van der Waals surface area contributed by atoms with E-state index in [-0.39, 0.29) is 30.9 Å². The predicted octanol–water partition coefficient (Wildman–Crippen LogP) is 7.95. The van der Waals surface area contributed by atoms with Crippen LogP contribution in [-0.2, 0) is 16.6 Å². The third kappa shape index (κ3) is 5.69. The summed E-state index contributed by atoms with van der Waals surface area (Å²) >= 11 is -4.81. The average molecular weight is 575 g/mol. The molecule has 0 bridgehead atoms. The zero-order valence-corrected chi connectivity index (χ0v) is 24.7. The van der Waals surface area contributed by atoms with Gasteiger partial charge in [0.1, 0.15) is 0 Å². The first kappa shape index (κ1) is 29.4. The molecule has 4 rings (SSSR count). The second kappa shape index (κ2) is 12.7. The Kier molecular flexibility index (Phi) is 9.61. The van der Waals surface area contributed by atoms with Gasteiger partial charge in [-0.2, -0.15) is 0 Å². The van der Waals surface area contributed by atoms with Gasteiger partial charge in [0.05, 0.1) is 0 Å². The molecular weight excluding hydrogens is 536 g/mol. The first-order valence-corrected chi connectivity index (χ1v) is 17.0. The van der Waals surface area contributed by atoms with Crippen molar-refractivity contribution in [3.8, 4) is 0 Å².